The first-order chi connectivity index (χ1) is 6.84. The number of hydrogen-bond acceptors (Lipinski definition) is 3. The highest BCUT2D eigenvalue weighted by atomic mass is 16.5. The standard InChI is InChI=1S/C11H22N2O/c1-10-8-13(5-2-6-14-10)9-11-3-4-12-7-11/h10-12H,2-9H2,1H3/t10?,11-/m0/s1. The zero-order valence-corrected chi connectivity index (χ0v) is 9.17. The van der Waals surface area contributed by atoms with E-state index < -0.39 is 0 Å². The summed E-state index contributed by atoms with van der Waals surface area (Å²) >= 11 is 0. The normalized spacial score (nSPS) is 35.8. The van der Waals surface area contributed by atoms with Crippen LogP contribution in [0.4, 0.5) is 0 Å². The average Bonchev–Trinajstić information content (AvgIpc) is 2.56. The van der Waals surface area contributed by atoms with Gasteiger partial charge in [-0.2, -0.15) is 0 Å². The predicted molar refractivity (Wildman–Crippen MR) is 57.4 cm³/mol. The molecule has 2 heterocycles. The van der Waals surface area contributed by atoms with Gasteiger partial charge in [0.25, 0.3) is 0 Å². The second-order valence-corrected chi connectivity index (χ2v) is 4.65. The van der Waals surface area contributed by atoms with Gasteiger partial charge >= 0.3 is 0 Å². The summed E-state index contributed by atoms with van der Waals surface area (Å²) in [5, 5.41) is 3.43. The van der Waals surface area contributed by atoms with Crippen molar-refractivity contribution < 1.29 is 4.74 Å². The van der Waals surface area contributed by atoms with Crippen LogP contribution in [0.3, 0.4) is 0 Å². The first kappa shape index (κ1) is 10.4. The Hall–Kier alpha value is -0.120. The molecule has 2 fully saturated rings. The summed E-state index contributed by atoms with van der Waals surface area (Å²) in [6.45, 7) is 9.17. The molecule has 0 bridgehead atoms. The SMILES string of the molecule is CC1CN(C[C@H]2CCNC2)CCCO1. The number of nitrogens with one attached hydrogen (secondary N) is 1. The summed E-state index contributed by atoms with van der Waals surface area (Å²) in [5.74, 6) is 0.875. The van der Waals surface area contributed by atoms with Crippen LogP contribution >= 0.6 is 0 Å². The van der Waals surface area contributed by atoms with Crippen LogP contribution in [0, 0.1) is 5.92 Å². The second-order valence-electron chi connectivity index (χ2n) is 4.65. The molecule has 3 nitrogen and oxygen atoms in total. The second kappa shape index (κ2) is 5.10. The minimum Gasteiger partial charge on any atom is -0.377 e. The van der Waals surface area contributed by atoms with E-state index in [-0.39, 0.29) is 0 Å². The van der Waals surface area contributed by atoms with Crippen molar-refractivity contribution in [3.05, 3.63) is 0 Å². The summed E-state index contributed by atoms with van der Waals surface area (Å²) in [7, 11) is 0. The summed E-state index contributed by atoms with van der Waals surface area (Å²) in [6, 6.07) is 0. The minimum absolute atomic E-state index is 0.423. The molecular weight excluding hydrogens is 176 g/mol. The summed E-state index contributed by atoms with van der Waals surface area (Å²) in [6.07, 6.45) is 2.97. The van der Waals surface area contributed by atoms with Gasteiger partial charge in [0.05, 0.1) is 6.10 Å². The zero-order chi connectivity index (χ0) is 9.80. The molecule has 0 aromatic carbocycles. The van der Waals surface area contributed by atoms with E-state index in [1.807, 2.05) is 0 Å². The molecule has 0 radical (unpaired) electrons. The van der Waals surface area contributed by atoms with Crippen LogP contribution < -0.4 is 5.32 Å². The van der Waals surface area contributed by atoms with Crippen molar-refractivity contribution in [2.45, 2.75) is 25.9 Å². The lowest BCUT2D eigenvalue weighted by Crippen LogP contribution is -2.35. The molecule has 82 valence electrons. The van der Waals surface area contributed by atoms with Crippen molar-refractivity contribution in [1.82, 2.24) is 10.2 Å². The van der Waals surface area contributed by atoms with Crippen LogP contribution in [0.2, 0.25) is 0 Å². The first-order valence-electron chi connectivity index (χ1n) is 5.89. The zero-order valence-electron chi connectivity index (χ0n) is 9.17. The van der Waals surface area contributed by atoms with Gasteiger partial charge in [-0.3, -0.25) is 0 Å². The molecule has 2 aliphatic rings. The van der Waals surface area contributed by atoms with Crippen molar-refractivity contribution in [3.8, 4) is 0 Å². The topological polar surface area (TPSA) is 24.5 Å². The van der Waals surface area contributed by atoms with Gasteiger partial charge in [0, 0.05) is 26.2 Å². The third-order valence-corrected chi connectivity index (χ3v) is 3.22. The molecule has 2 atom stereocenters. The van der Waals surface area contributed by atoms with E-state index in [4.69, 9.17) is 4.74 Å². The molecule has 0 saturated carbocycles. The molecule has 1 unspecified atom stereocenters. The molecule has 14 heavy (non-hydrogen) atoms. The van der Waals surface area contributed by atoms with Crippen LogP contribution in [-0.4, -0.2) is 50.3 Å². The highest BCUT2D eigenvalue weighted by Crippen LogP contribution is 2.12. The van der Waals surface area contributed by atoms with E-state index >= 15 is 0 Å². The van der Waals surface area contributed by atoms with Crippen LogP contribution in [0.15, 0.2) is 0 Å². The van der Waals surface area contributed by atoms with Gasteiger partial charge < -0.3 is 15.0 Å². The van der Waals surface area contributed by atoms with Crippen molar-refractivity contribution in [2.24, 2.45) is 5.92 Å². The van der Waals surface area contributed by atoms with Gasteiger partial charge in [0.15, 0.2) is 0 Å². The maximum Gasteiger partial charge on any atom is 0.0673 e. The van der Waals surface area contributed by atoms with Crippen molar-refractivity contribution in [2.75, 3.05) is 39.3 Å². The lowest BCUT2D eigenvalue weighted by atomic mass is 10.1. The Morgan fingerprint density at radius 3 is 3.21 bits per heavy atom. The minimum atomic E-state index is 0.423. The Kier molecular flexibility index (Phi) is 3.79. The van der Waals surface area contributed by atoms with Gasteiger partial charge in [-0.05, 0) is 38.8 Å². The van der Waals surface area contributed by atoms with Gasteiger partial charge in [0.1, 0.15) is 0 Å². The predicted octanol–water partition coefficient (Wildman–Crippen LogP) is 0.707. The fourth-order valence-corrected chi connectivity index (χ4v) is 2.48. The fraction of sp³-hybridized carbons (Fsp3) is 1.00. The molecular formula is C11H22N2O. The third-order valence-electron chi connectivity index (χ3n) is 3.22. The quantitative estimate of drug-likeness (QED) is 0.707. The highest BCUT2D eigenvalue weighted by molar-refractivity contribution is 4.76. The molecule has 2 saturated heterocycles. The molecule has 2 rings (SSSR count). The van der Waals surface area contributed by atoms with Crippen LogP contribution in [0.1, 0.15) is 19.8 Å². The molecule has 0 spiro atoms. The highest BCUT2D eigenvalue weighted by Gasteiger charge is 2.20. The van der Waals surface area contributed by atoms with E-state index in [2.05, 4.69) is 17.1 Å². The lowest BCUT2D eigenvalue weighted by Gasteiger charge is -2.24. The van der Waals surface area contributed by atoms with E-state index in [1.165, 1.54) is 39.0 Å². The molecule has 0 aromatic heterocycles. The lowest BCUT2D eigenvalue weighted by molar-refractivity contribution is 0.0659. The Morgan fingerprint density at radius 2 is 2.43 bits per heavy atom. The number of rotatable bonds is 2. The Labute approximate surface area is 86.8 Å². The van der Waals surface area contributed by atoms with Crippen molar-refractivity contribution >= 4 is 0 Å². The molecule has 1 N–H and O–H groups in total. The fourth-order valence-electron chi connectivity index (χ4n) is 2.48. The van der Waals surface area contributed by atoms with Gasteiger partial charge in [-0.1, -0.05) is 0 Å². The summed E-state index contributed by atoms with van der Waals surface area (Å²) in [4.78, 5) is 2.58. The molecule has 0 aliphatic carbocycles. The smallest absolute Gasteiger partial charge is 0.0673 e. The maximum absolute atomic E-state index is 5.64. The number of hydrogen-bond donors (Lipinski definition) is 1. The maximum atomic E-state index is 5.64. The van der Waals surface area contributed by atoms with Gasteiger partial charge in [0.2, 0.25) is 0 Å². The van der Waals surface area contributed by atoms with E-state index in [0.717, 1.165) is 19.1 Å². The van der Waals surface area contributed by atoms with Gasteiger partial charge in [-0.15, -0.1) is 0 Å². The summed E-state index contributed by atoms with van der Waals surface area (Å²) in [5.41, 5.74) is 0. The third kappa shape index (κ3) is 2.94. The Morgan fingerprint density at radius 1 is 1.50 bits per heavy atom. The Balaban J connectivity index is 1.77. The van der Waals surface area contributed by atoms with Crippen LogP contribution in [-0.2, 0) is 4.74 Å². The van der Waals surface area contributed by atoms with E-state index in [1.54, 1.807) is 0 Å². The van der Waals surface area contributed by atoms with Gasteiger partial charge in [-0.25, -0.2) is 0 Å². The molecule has 0 aromatic rings. The number of nitrogens with zero attached hydrogens (tertiary/aromatic N) is 1. The molecule has 3 heteroatoms. The van der Waals surface area contributed by atoms with Crippen molar-refractivity contribution in [3.63, 3.8) is 0 Å². The average molecular weight is 198 g/mol. The van der Waals surface area contributed by atoms with E-state index in [0.29, 0.717) is 6.10 Å². The largest absolute Gasteiger partial charge is 0.377 e. The molecule has 2 aliphatic heterocycles. The van der Waals surface area contributed by atoms with E-state index in [9.17, 15) is 0 Å². The van der Waals surface area contributed by atoms with Crippen molar-refractivity contribution in [1.29, 1.82) is 0 Å². The monoisotopic (exact) mass is 198 g/mol. The number of ether oxygens (including phenoxy) is 1. The molecule has 0 amide bonds. The van der Waals surface area contributed by atoms with Crippen LogP contribution in [0.25, 0.3) is 0 Å². The van der Waals surface area contributed by atoms with Crippen LogP contribution in [0.5, 0.6) is 0 Å². The summed E-state index contributed by atoms with van der Waals surface area (Å²) < 4.78 is 5.64. The Bertz CT molecular complexity index is 169. The first-order valence-corrected chi connectivity index (χ1v) is 5.89.